The first-order valence-electron chi connectivity index (χ1n) is 8.46. The van der Waals surface area contributed by atoms with Crippen molar-refractivity contribution in [2.75, 3.05) is 26.2 Å². The number of nitrogens with two attached hydrogens (primary N) is 1. The molecule has 0 aromatic heterocycles. The van der Waals surface area contributed by atoms with Crippen LogP contribution >= 0.6 is 11.6 Å². The monoisotopic (exact) mass is 324 g/mol. The third-order valence-electron chi connectivity index (χ3n) is 4.51. The average Bonchev–Trinajstić information content (AvgIpc) is 3.02. The molecule has 1 unspecified atom stereocenters. The number of halogens is 1. The second kappa shape index (κ2) is 8.19. The highest BCUT2D eigenvalue weighted by atomic mass is 35.5. The Balaban J connectivity index is 2.47. The third kappa shape index (κ3) is 3.76. The molecule has 1 aliphatic heterocycles. The zero-order valence-corrected chi connectivity index (χ0v) is 14.9. The number of benzene rings is 1. The fourth-order valence-electron chi connectivity index (χ4n) is 3.39. The summed E-state index contributed by atoms with van der Waals surface area (Å²) in [6.45, 7) is 10.0. The molecule has 1 fully saturated rings. The molecule has 0 aliphatic carbocycles. The summed E-state index contributed by atoms with van der Waals surface area (Å²) in [5.41, 5.74) is 9.43. The molecule has 1 atom stereocenters. The smallest absolute Gasteiger partial charge is 0.127 e. The van der Waals surface area contributed by atoms with Crippen molar-refractivity contribution in [1.82, 2.24) is 4.90 Å². The Bertz CT molecular complexity index is 498. The van der Waals surface area contributed by atoms with Gasteiger partial charge in [0.25, 0.3) is 0 Å². The van der Waals surface area contributed by atoms with Gasteiger partial charge in [0.1, 0.15) is 5.75 Å². The number of rotatable bonds is 7. The summed E-state index contributed by atoms with van der Waals surface area (Å²) in [6, 6.07) is 2.34. The highest BCUT2D eigenvalue weighted by molar-refractivity contribution is 6.31. The number of aryl methyl sites for hydroxylation is 1. The van der Waals surface area contributed by atoms with Gasteiger partial charge in [0.05, 0.1) is 6.61 Å². The Morgan fingerprint density at radius 2 is 2.00 bits per heavy atom. The van der Waals surface area contributed by atoms with E-state index in [0.717, 1.165) is 54.4 Å². The summed E-state index contributed by atoms with van der Waals surface area (Å²) in [4.78, 5) is 2.55. The van der Waals surface area contributed by atoms with Gasteiger partial charge in [-0.15, -0.1) is 0 Å². The van der Waals surface area contributed by atoms with E-state index in [-0.39, 0.29) is 0 Å². The number of ether oxygens (including phenoxy) is 1. The predicted molar refractivity (Wildman–Crippen MR) is 93.9 cm³/mol. The van der Waals surface area contributed by atoms with E-state index in [2.05, 4.69) is 25.7 Å². The van der Waals surface area contributed by atoms with Crippen LogP contribution in [0, 0.1) is 13.8 Å². The Morgan fingerprint density at radius 3 is 2.59 bits per heavy atom. The summed E-state index contributed by atoms with van der Waals surface area (Å²) in [5.74, 6) is 1.02. The van der Waals surface area contributed by atoms with Crippen LogP contribution in [0.15, 0.2) is 6.07 Å². The molecule has 1 aliphatic rings. The molecule has 0 bridgehead atoms. The minimum Gasteiger partial charge on any atom is -0.493 e. The van der Waals surface area contributed by atoms with Gasteiger partial charge in [-0.3, -0.25) is 4.90 Å². The molecule has 0 radical (unpaired) electrons. The van der Waals surface area contributed by atoms with Gasteiger partial charge in [0.2, 0.25) is 0 Å². The first-order valence-corrected chi connectivity index (χ1v) is 8.84. The molecular formula is C18H29ClN2O. The van der Waals surface area contributed by atoms with Gasteiger partial charge < -0.3 is 10.5 Å². The Kier molecular flexibility index (Phi) is 6.54. The standard InChI is InChI=1S/C18H29ClN2O/c1-4-11-22-18-13(2)12-15(19)14(3)17(18)16(7-8-20)21-9-5-6-10-21/h12,16H,4-11,20H2,1-3H3. The lowest BCUT2D eigenvalue weighted by molar-refractivity contribution is 0.224. The van der Waals surface area contributed by atoms with Gasteiger partial charge in [-0.05, 0) is 76.4 Å². The largest absolute Gasteiger partial charge is 0.493 e. The molecule has 1 saturated heterocycles. The Hall–Kier alpha value is -0.770. The van der Waals surface area contributed by atoms with Crippen LogP contribution in [0.5, 0.6) is 5.75 Å². The summed E-state index contributed by atoms with van der Waals surface area (Å²) in [5, 5.41) is 0.831. The predicted octanol–water partition coefficient (Wildman–Crippen LogP) is 4.23. The summed E-state index contributed by atoms with van der Waals surface area (Å²) in [7, 11) is 0. The number of hydrogen-bond donors (Lipinski definition) is 1. The molecule has 1 heterocycles. The lowest BCUT2D eigenvalue weighted by Gasteiger charge is -2.31. The van der Waals surface area contributed by atoms with Gasteiger partial charge in [0, 0.05) is 16.6 Å². The maximum Gasteiger partial charge on any atom is 0.127 e. The van der Waals surface area contributed by atoms with Crippen LogP contribution in [0.1, 0.15) is 55.3 Å². The zero-order chi connectivity index (χ0) is 16.1. The molecule has 0 saturated carbocycles. The Morgan fingerprint density at radius 1 is 1.32 bits per heavy atom. The van der Waals surface area contributed by atoms with E-state index in [1.807, 2.05) is 6.07 Å². The first-order chi connectivity index (χ1) is 10.6. The topological polar surface area (TPSA) is 38.5 Å². The van der Waals surface area contributed by atoms with Crippen molar-refractivity contribution in [1.29, 1.82) is 0 Å². The van der Waals surface area contributed by atoms with E-state index in [9.17, 15) is 0 Å². The molecule has 4 heteroatoms. The second-order valence-corrected chi connectivity index (χ2v) is 6.63. The van der Waals surface area contributed by atoms with E-state index in [4.69, 9.17) is 22.1 Å². The van der Waals surface area contributed by atoms with Crippen LogP contribution < -0.4 is 10.5 Å². The van der Waals surface area contributed by atoms with Crippen molar-refractivity contribution < 1.29 is 4.74 Å². The number of hydrogen-bond acceptors (Lipinski definition) is 3. The van der Waals surface area contributed by atoms with Crippen LogP contribution in [0.2, 0.25) is 5.02 Å². The minimum atomic E-state index is 0.316. The molecule has 1 aromatic carbocycles. The van der Waals surface area contributed by atoms with Crippen molar-refractivity contribution in [3.05, 3.63) is 27.8 Å². The van der Waals surface area contributed by atoms with E-state index in [0.29, 0.717) is 12.6 Å². The normalized spacial score (nSPS) is 17.0. The molecule has 2 N–H and O–H groups in total. The lowest BCUT2D eigenvalue weighted by atomic mass is 9.94. The molecule has 0 amide bonds. The van der Waals surface area contributed by atoms with Crippen molar-refractivity contribution >= 4 is 11.6 Å². The van der Waals surface area contributed by atoms with Crippen LogP contribution in [0.3, 0.4) is 0 Å². The van der Waals surface area contributed by atoms with Crippen molar-refractivity contribution in [3.63, 3.8) is 0 Å². The van der Waals surface area contributed by atoms with Crippen LogP contribution in [-0.2, 0) is 0 Å². The van der Waals surface area contributed by atoms with Crippen LogP contribution in [0.4, 0.5) is 0 Å². The molecule has 2 rings (SSSR count). The van der Waals surface area contributed by atoms with E-state index in [1.54, 1.807) is 0 Å². The molecule has 124 valence electrons. The zero-order valence-electron chi connectivity index (χ0n) is 14.1. The van der Waals surface area contributed by atoms with E-state index >= 15 is 0 Å². The van der Waals surface area contributed by atoms with Gasteiger partial charge in [-0.1, -0.05) is 18.5 Å². The Labute approximate surface area is 139 Å². The lowest BCUT2D eigenvalue weighted by Crippen LogP contribution is -2.29. The van der Waals surface area contributed by atoms with Gasteiger partial charge in [-0.2, -0.15) is 0 Å². The minimum absolute atomic E-state index is 0.316. The average molecular weight is 325 g/mol. The third-order valence-corrected chi connectivity index (χ3v) is 4.91. The molecule has 3 nitrogen and oxygen atoms in total. The highest BCUT2D eigenvalue weighted by Gasteiger charge is 2.28. The summed E-state index contributed by atoms with van der Waals surface area (Å²) < 4.78 is 6.11. The van der Waals surface area contributed by atoms with Gasteiger partial charge >= 0.3 is 0 Å². The summed E-state index contributed by atoms with van der Waals surface area (Å²) in [6.07, 6.45) is 4.49. The fraction of sp³-hybridized carbons (Fsp3) is 0.667. The van der Waals surface area contributed by atoms with Crippen LogP contribution in [-0.4, -0.2) is 31.1 Å². The van der Waals surface area contributed by atoms with Crippen molar-refractivity contribution in [2.45, 2.75) is 52.5 Å². The van der Waals surface area contributed by atoms with E-state index in [1.165, 1.54) is 18.4 Å². The highest BCUT2D eigenvalue weighted by Crippen LogP contribution is 2.41. The molecular weight excluding hydrogens is 296 g/mol. The maximum absolute atomic E-state index is 6.47. The first kappa shape index (κ1) is 17.6. The molecule has 1 aromatic rings. The number of nitrogens with zero attached hydrogens (tertiary/aromatic N) is 1. The fourth-order valence-corrected chi connectivity index (χ4v) is 3.66. The number of likely N-dealkylation sites (tertiary alicyclic amines) is 1. The maximum atomic E-state index is 6.47. The van der Waals surface area contributed by atoms with Crippen molar-refractivity contribution in [3.8, 4) is 5.75 Å². The van der Waals surface area contributed by atoms with Gasteiger partial charge in [-0.25, -0.2) is 0 Å². The van der Waals surface area contributed by atoms with Gasteiger partial charge in [0.15, 0.2) is 0 Å². The van der Waals surface area contributed by atoms with Crippen LogP contribution in [0.25, 0.3) is 0 Å². The van der Waals surface area contributed by atoms with E-state index < -0.39 is 0 Å². The van der Waals surface area contributed by atoms with Crippen molar-refractivity contribution in [2.24, 2.45) is 5.73 Å². The quantitative estimate of drug-likeness (QED) is 0.815. The summed E-state index contributed by atoms with van der Waals surface area (Å²) >= 11 is 6.47. The second-order valence-electron chi connectivity index (χ2n) is 6.23. The SMILES string of the molecule is CCCOc1c(C)cc(Cl)c(C)c1C(CCN)N1CCCC1. The molecule has 0 spiro atoms. The molecule has 22 heavy (non-hydrogen) atoms.